The zero-order valence-electron chi connectivity index (χ0n) is 9.78. The summed E-state index contributed by atoms with van der Waals surface area (Å²) >= 11 is 0. The van der Waals surface area contributed by atoms with Gasteiger partial charge in [-0.05, 0) is 10.4 Å². The Morgan fingerprint density at radius 2 is 1.70 bits per heavy atom. The topological polar surface area (TPSA) is 151 Å². The Hall–Kier alpha value is -3.44. The van der Waals surface area contributed by atoms with Gasteiger partial charge in [0, 0.05) is 0 Å². The molecule has 0 amide bonds. The van der Waals surface area contributed by atoms with Crippen LogP contribution in [0.15, 0.2) is 18.7 Å². The largest absolute Gasteiger partial charge is 0.368 e. The Morgan fingerprint density at radius 3 is 2.55 bits per heavy atom. The fourth-order valence-electron chi connectivity index (χ4n) is 1.65. The Kier molecular flexibility index (Phi) is 1.98. The van der Waals surface area contributed by atoms with Crippen molar-refractivity contribution >= 4 is 28.3 Å². The molecule has 0 unspecified atom stereocenters. The molecule has 3 N–H and O–H groups in total. The molecule has 0 saturated heterocycles. The molecule has 0 radical (unpaired) electrons. The molecule has 20 heavy (non-hydrogen) atoms. The first kappa shape index (κ1) is 10.5. The summed E-state index contributed by atoms with van der Waals surface area (Å²) in [6.07, 6.45) is 4.46. The van der Waals surface area contributed by atoms with Crippen molar-refractivity contribution in [2.24, 2.45) is 0 Å². The summed E-state index contributed by atoms with van der Waals surface area (Å²) in [5, 5.41) is 15.5. The lowest BCUT2D eigenvalue weighted by Crippen LogP contribution is -2.23. The molecule has 98 valence electrons. The lowest BCUT2D eigenvalue weighted by molar-refractivity contribution is 0.606. The lowest BCUT2D eigenvalue weighted by atomic mass is 10.5. The summed E-state index contributed by atoms with van der Waals surface area (Å²) in [5.74, 6) is 0.129. The first-order valence-corrected chi connectivity index (χ1v) is 5.43. The van der Waals surface area contributed by atoms with E-state index in [1.165, 1.54) is 22.1 Å². The molecular weight excluding hydrogens is 264 g/mol. The molecule has 0 aliphatic heterocycles. The number of nitrogens with one attached hydrogen (secondary N) is 1. The van der Waals surface area contributed by atoms with Crippen LogP contribution >= 0.6 is 0 Å². The van der Waals surface area contributed by atoms with E-state index in [0.29, 0.717) is 22.3 Å². The van der Waals surface area contributed by atoms with E-state index in [-0.39, 0.29) is 5.95 Å². The van der Waals surface area contributed by atoms with E-state index < -0.39 is 0 Å². The second-order valence-electron chi connectivity index (χ2n) is 3.77. The molecule has 12 heteroatoms. The van der Waals surface area contributed by atoms with Gasteiger partial charge in [-0.15, -0.1) is 19.8 Å². The van der Waals surface area contributed by atoms with Crippen molar-refractivity contribution in [1.82, 2.24) is 50.1 Å². The van der Waals surface area contributed by atoms with Gasteiger partial charge in [0.1, 0.15) is 6.33 Å². The van der Waals surface area contributed by atoms with E-state index >= 15 is 0 Å². The van der Waals surface area contributed by atoms with E-state index in [0.717, 1.165) is 0 Å². The van der Waals surface area contributed by atoms with Gasteiger partial charge < -0.3 is 5.73 Å². The molecule has 0 aliphatic rings. The van der Waals surface area contributed by atoms with Gasteiger partial charge in [0.15, 0.2) is 11.0 Å². The Morgan fingerprint density at radius 1 is 0.950 bits per heavy atom. The second kappa shape index (κ2) is 3.78. The van der Waals surface area contributed by atoms with Crippen LogP contribution in [0.3, 0.4) is 0 Å². The molecule has 0 aromatic carbocycles. The minimum atomic E-state index is 0.129. The van der Waals surface area contributed by atoms with Crippen LogP contribution in [0, 0.1) is 0 Å². The quantitative estimate of drug-likeness (QED) is 0.433. The van der Waals surface area contributed by atoms with Gasteiger partial charge in [0.2, 0.25) is 17.2 Å². The van der Waals surface area contributed by atoms with Crippen molar-refractivity contribution < 1.29 is 0 Å². The second-order valence-corrected chi connectivity index (χ2v) is 3.77. The summed E-state index contributed by atoms with van der Waals surface area (Å²) in [7, 11) is 0. The molecule has 0 aliphatic carbocycles. The number of fused-ring (bicyclic) bond motifs is 2. The molecule has 0 fully saturated rings. The van der Waals surface area contributed by atoms with Crippen molar-refractivity contribution in [1.29, 1.82) is 0 Å². The molecule has 4 rings (SSSR count). The van der Waals surface area contributed by atoms with Crippen molar-refractivity contribution in [2.75, 3.05) is 11.3 Å². The van der Waals surface area contributed by atoms with E-state index in [1.807, 2.05) is 0 Å². The first-order chi connectivity index (χ1) is 9.81. The third kappa shape index (κ3) is 1.48. The first-order valence-electron chi connectivity index (χ1n) is 5.43. The van der Waals surface area contributed by atoms with Crippen molar-refractivity contribution in [2.45, 2.75) is 0 Å². The summed E-state index contributed by atoms with van der Waals surface area (Å²) in [6, 6.07) is 0. The molecule has 0 saturated carbocycles. The minimum Gasteiger partial charge on any atom is -0.368 e. The number of hydrogen-bond acceptors (Lipinski definition) is 10. The van der Waals surface area contributed by atoms with Gasteiger partial charge in [-0.3, -0.25) is 0 Å². The number of nitrogens with two attached hydrogens (primary N) is 1. The Balaban J connectivity index is 1.81. The normalized spacial score (nSPS) is 11.2. The summed E-state index contributed by atoms with van der Waals surface area (Å²) < 4.78 is 0. The van der Waals surface area contributed by atoms with Gasteiger partial charge in [0.25, 0.3) is 0 Å². The van der Waals surface area contributed by atoms with Crippen LogP contribution in [0.5, 0.6) is 0 Å². The van der Waals surface area contributed by atoms with E-state index in [1.54, 1.807) is 6.20 Å². The van der Waals surface area contributed by atoms with E-state index in [9.17, 15) is 0 Å². The van der Waals surface area contributed by atoms with Gasteiger partial charge in [0.05, 0.1) is 12.4 Å². The molecule has 0 atom stereocenters. The molecule has 0 spiro atoms. The third-order valence-electron chi connectivity index (χ3n) is 2.54. The zero-order valence-corrected chi connectivity index (χ0v) is 9.78. The SMILES string of the molecule is Nc1ncc2c(nnn2Nn2nnc3ncncc32)n1. The summed E-state index contributed by atoms with van der Waals surface area (Å²) in [6.45, 7) is 0. The maximum Gasteiger partial charge on any atom is 0.222 e. The van der Waals surface area contributed by atoms with Gasteiger partial charge in [-0.2, -0.15) is 10.5 Å². The van der Waals surface area contributed by atoms with E-state index in [4.69, 9.17) is 5.73 Å². The highest BCUT2D eigenvalue weighted by atomic mass is 15.8. The van der Waals surface area contributed by atoms with Crippen LogP contribution in [0.2, 0.25) is 0 Å². The molecule has 4 aromatic rings. The molecule has 0 bridgehead atoms. The number of nitrogen functional groups attached to an aromatic ring is 1. The highest BCUT2D eigenvalue weighted by molar-refractivity contribution is 5.70. The number of anilines is 1. The standard InChI is InChI=1S/C8H6N12/c9-8-11-2-5-7(13-8)15-17-20(5)18-19-4-1-10-3-12-6(4)14-16-19/h1-3,18H,(H2,9,11,13). The highest BCUT2D eigenvalue weighted by Crippen LogP contribution is 2.07. The van der Waals surface area contributed by atoms with E-state index in [2.05, 4.69) is 46.1 Å². The van der Waals surface area contributed by atoms with Crippen LogP contribution in [0.4, 0.5) is 5.95 Å². The van der Waals surface area contributed by atoms with Crippen LogP contribution < -0.4 is 11.3 Å². The predicted molar refractivity (Wildman–Crippen MR) is 65.4 cm³/mol. The Labute approximate surface area is 109 Å². The lowest BCUT2D eigenvalue weighted by Gasteiger charge is -2.04. The van der Waals surface area contributed by atoms with Crippen LogP contribution in [0.1, 0.15) is 0 Å². The number of aromatic nitrogens is 10. The van der Waals surface area contributed by atoms with Gasteiger partial charge in [-0.1, -0.05) is 0 Å². The maximum atomic E-state index is 5.48. The summed E-state index contributed by atoms with van der Waals surface area (Å²) in [4.78, 5) is 18.4. The van der Waals surface area contributed by atoms with Gasteiger partial charge >= 0.3 is 0 Å². The predicted octanol–water partition coefficient (Wildman–Crippen LogP) is -1.66. The maximum absolute atomic E-state index is 5.48. The van der Waals surface area contributed by atoms with Crippen molar-refractivity contribution in [3.05, 3.63) is 18.7 Å². The fraction of sp³-hybridized carbons (Fsp3) is 0. The number of rotatable bonds is 2. The van der Waals surface area contributed by atoms with Crippen molar-refractivity contribution in [3.8, 4) is 0 Å². The molecular formula is C8H6N12. The van der Waals surface area contributed by atoms with Crippen LogP contribution in [0.25, 0.3) is 22.3 Å². The third-order valence-corrected chi connectivity index (χ3v) is 2.54. The number of nitrogens with zero attached hydrogens (tertiary/aromatic N) is 10. The van der Waals surface area contributed by atoms with Crippen molar-refractivity contribution in [3.63, 3.8) is 0 Å². The number of hydrogen-bond donors (Lipinski definition) is 2. The fourth-order valence-corrected chi connectivity index (χ4v) is 1.65. The average Bonchev–Trinajstić information content (AvgIpc) is 3.04. The smallest absolute Gasteiger partial charge is 0.222 e. The zero-order chi connectivity index (χ0) is 13.5. The highest BCUT2D eigenvalue weighted by Gasteiger charge is 2.10. The average molecular weight is 270 g/mol. The minimum absolute atomic E-state index is 0.129. The van der Waals surface area contributed by atoms with Gasteiger partial charge in [-0.25, -0.2) is 15.0 Å². The van der Waals surface area contributed by atoms with Crippen LogP contribution in [-0.4, -0.2) is 50.1 Å². The Bertz CT molecular complexity index is 906. The molecule has 4 aromatic heterocycles. The monoisotopic (exact) mass is 270 g/mol. The molecule has 4 heterocycles. The van der Waals surface area contributed by atoms with Crippen LogP contribution in [-0.2, 0) is 0 Å². The molecule has 12 nitrogen and oxygen atoms in total. The summed E-state index contributed by atoms with van der Waals surface area (Å²) in [5.41, 5.74) is 10.3.